The van der Waals surface area contributed by atoms with Crippen LogP contribution in [0.15, 0.2) is 107 Å². The first-order chi connectivity index (χ1) is 19.9. The van der Waals surface area contributed by atoms with Gasteiger partial charge in [-0.15, -0.1) is 11.7 Å². The first kappa shape index (κ1) is 25.0. The molecule has 204 valence electrons. The summed E-state index contributed by atoms with van der Waals surface area (Å²) in [7, 11) is 3.41. The smallest absolute Gasteiger partial charge is 0.304 e. The Hall–Kier alpha value is -4.96. The van der Waals surface area contributed by atoms with E-state index in [0.29, 0.717) is 22.5 Å². The van der Waals surface area contributed by atoms with Crippen molar-refractivity contribution in [3.05, 3.63) is 134 Å². The van der Waals surface area contributed by atoms with E-state index in [2.05, 4.69) is 12.0 Å². The Morgan fingerprint density at radius 3 is 2.20 bits per heavy atom. The second-order valence-corrected chi connectivity index (χ2v) is 11.2. The van der Waals surface area contributed by atoms with Crippen LogP contribution in [0.4, 0.5) is 10.5 Å². The highest BCUT2D eigenvalue weighted by Gasteiger charge is 2.70. The van der Waals surface area contributed by atoms with Crippen molar-refractivity contribution in [2.75, 3.05) is 25.5 Å². The Kier molecular flexibility index (Phi) is 5.36. The Labute approximate surface area is 239 Å². The Morgan fingerprint density at radius 1 is 0.878 bits per heavy atom. The van der Waals surface area contributed by atoms with E-state index in [9.17, 15) is 14.4 Å². The van der Waals surface area contributed by atoms with Crippen LogP contribution in [-0.2, 0) is 16.1 Å². The molecule has 0 radical (unpaired) electrons. The lowest BCUT2D eigenvalue weighted by Crippen LogP contribution is -2.72. The second-order valence-electron chi connectivity index (χ2n) is 10.2. The van der Waals surface area contributed by atoms with Crippen molar-refractivity contribution in [2.45, 2.75) is 11.3 Å². The molecule has 2 atom stereocenters. The molecule has 0 bridgehead atoms. The molecule has 1 aromatic heterocycles. The van der Waals surface area contributed by atoms with Crippen molar-refractivity contribution in [1.29, 1.82) is 0 Å². The summed E-state index contributed by atoms with van der Waals surface area (Å²) in [5.41, 5.74) is 3.47. The number of aromatic nitrogens is 1. The number of hydrogen-bond acceptors (Lipinski definition) is 6. The summed E-state index contributed by atoms with van der Waals surface area (Å²) in [5, 5.41) is 4.72. The molecule has 1 N–H and O–H groups in total. The van der Waals surface area contributed by atoms with Crippen LogP contribution in [0, 0.1) is 0 Å². The van der Waals surface area contributed by atoms with Gasteiger partial charge in [0.05, 0.1) is 11.3 Å². The van der Waals surface area contributed by atoms with Crippen LogP contribution >= 0.6 is 11.3 Å². The third kappa shape index (κ3) is 2.94. The van der Waals surface area contributed by atoms with Crippen molar-refractivity contribution in [3.8, 4) is 0 Å². The average Bonchev–Trinajstić information content (AvgIpc) is 3.55. The Bertz CT molecular complexity index is 1940. The van der Waals surface area contributed by atoms with Crippen LogP contribution in [0.2, 0.25) is 0 Å². The number of carbonyl (C=O) groups is 2. The molecule has 0 spiro atoms. The molecule has 2 unspecified atom stereocenters. The Morgan fingerprint density at radius 2 is 1.51 bits per heavy atom. The van der Waals surface area contributed by atoms with Gasteiger partial charge in [0, 0.05) is 37.3 Å². The fraction of sp³-hybridized carbons (Fsp3) is 0.161. The molecule has 1 saturated heterocycles. The van der Waals surface area contributed by atoms with Crippen LogP contribution < -0.4 is 25.2 Å². The molecule has 0 saturated carbocycles. The lowest BCUT2D eigenvalue weighted by Gasteiger charge is -2.50. The van der Waals surface area contributed by atoms with Gasteiger partial charge in [-0.25, -0.2) is 9.36 Å². The maximum atomic E-state index is 14.8. The van der Waals surface area contributed by atoms with Gasteiger partial charge >= 0.3 is 6.03 Å². The van der Waals surface area contributed by atoms with Gasteiger partial charge in [-0.2, -0.15) is 0 Å². The summed E-state index contributed by atoms with van der Waals surface area (Å²) in [6, 6.07) is 26.2. The summed E-state index contributed by atoms with van der Waals surface area (Å²) >= 11 is 1.14. The number of fused-ring (bicyclic) bond motifs is 4. The largest absolute Gasteiger partial charge is 0.324 e. The zero-order chi connectivity index (χ0) is 28.5. The zero-order valence-electron chi connectivity index (χ0n) is 22.4. The number of likely N-dealkylation sites (N-methyl/N-ethyl adjacent to an activating group) is 2. The summed E-state index contributed by atoms with van der Waals surface area (Å²) in [6.07, 6.45) is 1.66. The normalized spacial score (nSPS) is 24.0. The topological polar surface area (TPSA) is 90.2 Å². The molecule has 7 rings (SSSR count). The summed E-state index contributed by atoms with van der Waals surface area (Å²) in [6.45, 7) is 4.12. The third-order valence-corrected chi connectivity index (χ3v) is 9.35. The molecular formula is C31H26N6O3S. The van der Waals surface area contributed by atoms with E-state index >= 15 is 0 Å². The van der Waals surface area contributed by atoms with Gasteiger partial charge in [-0.3, -0.25) is 24.8 Å². The fourth-order valence-electron chi connectivity index (χ4n) is 6.61. The van der Waals surface area contributed by atoms with Crippen LogP contribution in [0.3, 0.4) is 0 Å². The summed E-state index contributed by atoms with van der Waals surface area (Å²) in [4.78, 5) is 47.7. The van der Waals surface area contributed by atoms with E-state index in [4.69, 9.17) is 5.10 Å². The molecule has 4 aromatic rings. The average molecular weight is 563 g/mol. The van der Waals surface area contributed by atoms with Crippen LogP contribution in [0.25, 0.3) is 5.57 Å². The van der Waals surface area contributed by atoms with Crippen LogP contribution in [0.5, 0.6) is 0 Å². The Balaban J connectivity index is 1.64. The third-order valence-electron chi connectivity index (χ3n) is 8.32. The molecule has 1 fully saturated rings. The number of urea groups is 1. The van der Waals surface area contributed by atoms with Gasteiger partial charge in [0.2, 0.25) is 16.1 Å². The molecular weight excluding hydrogens is 536 g/mol. The number of nitrogens with one attached hydrogen (secondary N) is 1. The van der Waals surface area contributed by atoms with E-state index in [1.54, 1.807) is 39.4 Å². The van der Waals surface area contributed by atoms with Crippen molar-refractivity contribution >= 4 is 34.5 Å². The maximum absolute atomic E-state index is 14.8. The number of anilines is 1. The van der Waals surface area contributed by atoms with E-state index in [0.717, 1.165) is 28.2 Å². The van der Waals surface area contributed by atoms with Crippen LogP contribution in [0.1, 0.15) is 16.7 Å². The molecule has 9 nitrogen and oxygen atoms in total. The van der Waals surface area contributed by atoms with E-state index in [-0.39, 0.29) is 16.5 Å². The number of nitrogens with zero attached hydrogens (tertiary/aromatic N) is 5. The predicted molar refractivity (Wildman–Crippen MR) is 157 cm³/mol. The van der Waals surface area contributed by atoms with E-state index < -0.39 is 16.9 Å². The second kappa shape index (κ2) is 8.77. The first-order valence-electron chi connectivity index (χ1n) is 13.2. The van der Waals surface area contributed by atoms with E-state index in [1.165, 1.54) is 0 Å². The molecule has 3 amide bonds. The lowest BCUT2D eigenvalue weighted by atomic mass is 9.80. The van der Waals surface area contributed by atoms with Crippen molar-refractivity contribution in [1.82, 2.24) is 19.8 Å². The minimum Gasteiger partial charge on any atom is -0.304 e. The highest BCUT2D eigenvalue weighted by molar-refractivity contribution is 7.07. The number of amides is 3. The van der Waals surface area contributed by atoms with Crippen molar-refractivity contribution in [2.24, 2.45) is 5.10 Å². The van der Waals surface area contributed by atoms with Crippen molar-refractivity contribution in [3.63, 3.8) is 0 Å². The number of hydrogen-bond donors (Lipinski definition) is 1. The van der Waals surface area contributed by atoms with Gasteiger partial charge in [0.1, 0.15) is 4.53 Å². The quantitative estimate of drug-likeness (QED) is 0.387. The van der Waals surface area contributed by atoms with Gasteiger partial charge in [-0.1, -0.05) is 96.3 Å². The zero-order valence-corrected chi connectivity index (χ0v) is 23.3. The number of benzene rings is 3. The SMILES string of the molecule is C=CCN1C(=O)/C(=c2\sc3n(c2=O)C2(c4ccccc4)N(C)C(=O)N(C)C2(c2ccccc2)NN=3)c2ccccc21. The van der Waals surface area contributed by atoms with Crippen LogP contribution in [-0.4, -0.2) is 46.9 Å². The summed E-state index contributed by atoms with van der Waals surface area (Å²) < 4.78 is 1.86. The molecule has 3 aromatic carbocycles. The molecule has 4 heterocycles. The molecule has 10 heteroatoms. The molecule has 0 aliphatic carbocycles. The molecule has 41 heavy (non-hydrogen) atoms. The fourth-order valence-corrected chi connectivity index (χ4v) is 7.67. The predicted octanol–water partition coefficient (Wildman–Crippen LogP) is 2.33. The number of carbonyl (C=O) groups excluding carboxylic acids is 2. The standard InChI is InChI=1S/C31H26N6O3S/c1-4-19-36-23-18-12-11-17-22(23)24(26(36)38)25-27(39)37-28(41-25)32-33-30(20-13-7-5-8-14-20)31(37,21-15-9-6-10-16-21)35(3)29(40)34(30)2/h4-18,33H,1,19H2,2-3H3/b25-24-. The van der Waals surface area contributed by atoms with E-state index in [1.807, 2.05) is 84.9 Å². The van der Waals surface area contributed by atoms with Gasteiger partial charge in [-0.05, 0) is 6.07 Å². The minimum absolute atomic E-state index is 0.268. The first-order valence-corrected chi connectivity index (χ1v) is 14.0. The minimum atomic E-state index is -1.38. The summed E-state index contributed by atoms with van der Waals surface area (Å²) in [5.74, 6) is -0.272. The number of thiazole rings is 1. The maximum Gasteiger partial charge on any atom is 0.324 e. The highest BCUT2D eigenvalue weighted by atomic mass is 32.1. The van der Waals surface area contributed by atoms with Gasteiger partial charge < -0.3 is 4.90 Å². The van der Waals surface area contributed by atoms with Gasteiger partial charge in [0.15, 0.2) is 0 Å². The molecule has 3 aliphatic heterocycles. The lowest BCUT2D eigenvalue weighted by molar-refractivity contribution is -0.112. The molecule has 3 aliphatic rings. The monoisotopic (exact) mass is 562 g/mol. The number of rotatable bonds is 4. The number of para-hydroxylation sites is 1. The van der Waals surface area contributed by atoms with Gasteiger partial charge in [0.25, 0.3) is 11.5 Å². The van der Waals surface area contributed by atoms with Crippen molar-refractivity contribution < 1.29 is 9.59 Å². The highest BCUT2D eigenvalue weighted by Crippen LogP contribution is 2.52.